The first-order valence-electron chi connectivity index (χ1n) is 8.72. The molecule has 0 radical (unpaired) electrons. The number of nitrogens with zero attached hydrogens (tertiary/aromatic N) is 1. The molecule has 0 saturated carbocycles. The van der Waals surface area contributed by atoms with Gasteiger partial charge in [-0.25, -0.2) is 14.2 Å². The van der Waals surface area contributed by atoms with E-state index in [1.807, 2.05) is 24.3 Å². The summed E-state index contributed by atoms with van der Waals surface area (Å²) in [6.45, 7) is 3.35. The minimum atomic E-state index is -1.79. The van der Waals surface area contributed by atoms with Crippen LogP contribution in [0.4, 0.5) is 4.39 Å². The lowest BCUT2D eigenvalue weighted by Crippen LogP contribution is -2.61. The van der Waals surface area contributed by atoms with Crippen LogP contribution in [0.15, 0.2) is 53.5 Å². The second-order valence-electron chi connectivity index (χ2n) is 7.20. The average Bonchev–Trinajstić information content (AvgIpc) is 2.67. The fourth-order valence-electron chi connectivity index (χ4n) is 3.50. The van der Waals surface area contributed by atoms with E-state index in [4.69, 9.17) is 14.2 Å². The van der Waals surface area contributed by atoms with Crippen LogP contribution in [0.3, 0.4) is 0 Å². The first-order chi connectivity index (χ1) is 12.9. The third kappa shape index (κ3) is 2.67. The maximum atomic E-state index is 16.0. The topological polar surface area (TPSA) is 57.1 Å². The van der Waals surface area contributed by atoms with Gasteiger partial charge in [-0.05, 0) is 44.2 Å². The molecule has 5 nitrogen and oxygen atoms in total. The van der Waals surface area contributed by atoms with E-state index in [-0.39, 0.29) is 6.54 Å². The molecule has 140 valence electrons. The van der Waals surface area contributed by atoms with E-state index in [9.17, 15) is 4.79 Å². The molecule has 6 heteroatoms. The number of carbonyl (C=O) groups is 1. The van der Waals surface area contributed by atoms with Crippen LogP contribution < -0.4 is 4.74 Å². The summed E-state index contributed by atoms with van der Waals surface area (Å²) in [4.78, 5) is 15.9. The number of hydrogen-bond donors (Lipinski definition) is 0. The van der Waals surface area contributed by atoms with Crippen molar-refractivity contribution < 1.29 is 23.4 Å². The Kier molecular flexibility index (Phi) is 3.94. The lowest BCUT2D eigenvalue weighted by molar-refractivity contribution is -0.142. The Morgan fingerprint density at radius 3 is 2.59 bits per heavy atom. The number of carbonyl (C=O) groups excluding carboxylic acids is 1. The second kappa shape index (κ2) is 6.08. The van der Waals surface area contributed by atoms with E-state index in [1.165, 1.54) is 7.11 Å². The molecule has 2 aromatic rings. The molecular weight excluding hydrogens is 349 g/mol. The molecule has 0 aliphatic carbocycles. The predicted molar refractivity (Wildman–Crippen MR) is 98.0 cm³/mol. The van der Waals surface area contributed by atoms with Gasteiger partial charge in [0.2, 0.25) is 11.6 Å². The molecule has 2 heterocycles. The Balaban J connectivity index is 1.71. The standard InChI is InChI=1S/C21H20FNO4/c1-20(2)21(22)12-23-18(13-8-10-14(11-9-13)19(24)25-3)26-17(21)15-6-4-5-7-16(15)27-20/h4-11,17H,12H2,1-3H3/t17-,21+/m1/s1. The van der Waals surface area contributed by atoms with Gasteiger partial charge < -0.3 is 14.2 Å². The molecule has 2 atom stereocenters. The summed E-state index contributed by atoms with van der Waals surface area (Å²) in [5.74, 6) is 0.538. The number of halogens is 1. The lowest BCUT2D eigenvalue weighted by atomic mass is 9.76. The van der Waals surface area contributed by atoms with Gasteiger partial charge in [-0.1, -0.05) is 18.2 Å². The van der Waals surface area contributed by atoms with Crippen LogP contribution in [-0.4, -0.2) is 36.8 Å². The Labute approximate surface area is 156 Å². The van der Waals surface area contributed by atoms with Gasteiger partial charge in [-0.3, -0.25) is 0 Å². The zero-order valence-electron chi connectivity index (χ0n) is 15.4. The quantitative estimate of drug-likeness (QED) is 0.754. The van der Waals surface area contributed by atoms with Gasteiger partial charge in [0.15, 0.2) is 6.10 Å². The van der Waals surface area contributed by atoms with Crippen molar-refractivity contribution in [3.8, 4) is 5.75 Å². The Bertz CT molecular complexity index is 922. The van der Waals surface area contributed by atoms with E-state index in [0.717, 1.165) is 0 Å². The predicted octanol–water partition coefficient (Wildman–Crippen LogP) is 3.87. The van der Waals surface area contributed by atoms with Crippen LogP contribution in [0.1, 0.15) is 41.4 Å². The van der Waals surface area contributed by atoms with E-state index in [0.29, 0.717) is 28.3 Å². The number of para-hydroxylation sites is 1. The second-order valence-corrected chi connectivity index (χ2v) is 7.20. The molecule has 0 aromatic heterocycles. The van der Waals surface area contributed by atoms with Gasteiger partial charge in [0.1, 0.15) is 11.4 Å². The van der Waals surface area contributed by atoms with Gasteiger partial charge in [-0.15, -0.1) is 0 Å². The van der Waals surface area contributed by atoms with Crippen molar-refractivity contribution in [2.24, 2.45) is 4.99 Å². The zero-order valence-corrected chi connectivity index (χ0v) is 15.4. The molecule has 2 aromatic carbocycles. The molecule has 27 heavy (non-hydrogen) atoms. The molecule has 0 amide bonds. The molecule has 4 rings (SSSR count). The van der Waals surface area contributed by atoms with Gasteiger partial charge in [0, 0.05) is 11.1 Å². The van der Waals surface area contributed by atoms with Crippen molar-refractivity contribution in [1.82, 2.24) is 0 Å². The highest BCUT2D eigenvalue weighted by molar-refractivity contribution is 5.96. The summed E-state index contributed by atoms with van der Waals surface area (Å²) >= 11 is 0. The normalized spacial score (nSPS) is 25.2. The van der Waals surface area contributed by atoms with Gasteiger partial charge in [-0.2, -0.15) is 0 Å². The number of esters is 1. The van der Waals surface area contributed by atoms with E-state index < -0.39 is 23.3 Å². The van der Waals surface area contributed by atoms with Crippen molar-refractivity contribution in [2.45, 2.75) is 31.2 Å². The van der Waals surface area contributed by atoms with Crippen LogP contribution in [0.2, 0.25) is 0 Å². The summed E-state index contributed by atoms with van der Waals surface area (Å²) in [7, 11) is 1.33. The highest BCUT2D eigenvalue weighted by atomic mass is 19.1. The monoisotopic (exact) mass is 369 g/mol. The van der Waals surface area contributed by atoms with E-state index in [2.05, 4.69) is 4.99 Å². The van der Waals surface area contributed by atoms with Crippen LogP contribution in [-0.2, 0) is 9.47 Å². The molecule has 0 spiro atoms. The van der Waals surface area contributed by atoms with Crippen molar-refractivity contribution >= 4 is 11.9 Å². The highest BCUT2D eigenvalue weighted by Gasteiger charge is 2.61. The third-order valence-electron chi connectivity index (χ3n) is 5.22. The van der Waals surface area contributed by atoms with E-state index >= 15 is 4.39 Å². The Morgan fingerprint density at radius 1 is 1.19 bits per heavy atom. The first kappa shape index (κ1) is 17.5. The van der Waals surface area contributed by atoms with Crippen molar-refractivity contribution in [1.29, 1.82) is 0 Å². The number of rotatable bonds is 2. The van der Waals surface area contributed by atoms with Crippen molar-refractivity contribution in [2.75, 3.05) is 13.7 Å². The fourth-order valence-corrected chi connectivity index (χ4v) is 3.50. The molecule has 0 saturated heterocycles. The molecule has 2 aliphatic heterocycles. The average molecular weight is 369 g/mol. The largest absolute Gasteiger partial charge is 0.484 e. The number of aliphatic imine (C=N–C) groups is 1. The maximum Gasteiger partial charge on any atom is 0.337 e. The smallest absolute Gasteiger partial charge is 0.337 e. The molecule has 2 aliphatic rings. The van der Waals surface area contributed by atoms with Crippen molar-refractivity contribution in [3.05, 3.63) is 65.2 Å². The zero-order chi connectivity index (χ0) is 19.2. The maximum absolute atomic E-state index is 16.0. The molecule has 0 unspecified atom stereocenters. The van der Waals surface area contributed by atoms with Gasteiger partial charge in [0.25, 0.3) is 0 Å². The summed E-state index contributed by atoms with van der Waals surface area (Å²) in [5, 5.41) is 0. The van der Waals surface area contributed by atoms with E-state index in [1.54, 1.807) is 38.1 Å². The van der Waals surface area contributed by atoms with Gasteiger partial charge >= 0.3 is 5.97 Å². The SMILES string of the molecule is COC(=O)c1ccc(C2=NC[C@]3(F)[C@H](O2)c2ccccc2OC3(C)C)cc1. The lowest BCUT2D eigenvalue weighted by Gasteiger charge is -2.49. The van der Waals surface area contributed by atoms with Crippen LogP contribution >= 0.6 is 0 Å². The summed E-state index contributed by atoms with van der Waals surface area (Å²) < 4.78 is 32.6. The molecule has 0 N–H and O–H groups in total. The van der Waals surface area contributed by atoms with Crippen LogP contribution in [0, 0.1) is 0 Å². The van der Waals surface area contributed by atoms with Crippen LogP contribution in [0.25, 0.3) is 0 Å². The van der Waals surface area contributed by atoms with Gasteiger partial charge in [0.05, 0.1) is 19.2 Å². The first-order valence-corrected chi connectivity index (χ1v) is 8.72. The highest BCUT2D eigenvalue weighted by Crippen LogP contribution is 2.52. The minimum Gasteiger partial charge on any atom is -0.484 e. The molecule has 0 fully saturated rings. The fraction of sp³-hybridized carbons (Fsp3) is 0.333. The number of methoxy groups -OCH3 is 1. The minimum absolute atomic E-state index is 0.0763. The number of ether oxygens (including phenoxy) is 3. The summed E-state index contributed by atoms with van der Waals surface area (Å²) in [5.41, 5.74) is -1.12. The Morgan fingerprint density at radius 2 is 1.89 bits per heavy atom. The summed E-state index contributed by atoms with van der Waals surface area (Å²) in [6, 6.07) is 14.0. The Hall–Kier alpha value is -2.89. The molecule has 0 bridgehead atoms. The number of hydrogen-bond acceptors (Lipinski definition) is 5. The molecular formula is C21H20FNO4. The number of benzene rings is 2. The van der Waals surface area contributed by atoms with Crippen LogP contribution in [0.5, 0.6) is 5.75 Å². The summed E-state index contributed by atoms with van der Waals surface area (Å²) in [6.07, 6.45) is -0.828. The number of fused-ring (bicyclic) bond motifs is 3. The third-order valence-corrected chi connectivity index (χ3v) is 5.22. The van der Waals surface area contributed by atoms with Crippen molar-refractivity contribution in [3.63, 3.8) is 0 Å². The number of alkyl halides is 1.